The lowest BCUT2D eigenvalue weighted by Gasteiger charge is -2.10. The molecule has 2 aromatic rings. The molecule has 0 saturated carbocycles. The van der Waals surface area contributed by atoms with Crippen molar-refractivity contribution < 1.29 is 28.5 Å². The van der Waals surface area contributed by atoms with Gasteiger partial charge in [0.2, 0.25) is 6.79 Å². The molecule has 0 unspecified atom stereocenters. The fraction of sp³-hybridized carbons (Fsp3) is 0.250. The van der Waals surface area contributed by atoms with Crippen LogP contribution in [0.25, 0.3) is 6.08 Å². The maximum Gasteiger partial charge on any atom is 0.336 e. The van der Waals surface area contributed by atoms with Gasteiger partial charge in [0.05, 0.1) is 13.7 Å². The summed E-state index contributed by atoms with van der Waals surface area (Å²) in [6.45, 7) is 2.83. The van der Waals surface area contributed by atoms with Gasteiger partial charge in [0.25, 0.3) is 0 Å². The quantitative estimate of drug-likeness (QED) is 0.427. The van der Waals surface area contributed by atoms with Gasteiger partial charge in [-0.2, -0.15) is 0 Å². The Labute approximate surface area is 151 Å². The highest BCUT2D eigenvalue weighted by Gasteiger charge is 2.14. The molecule has 3 rings (SSSR count). The van der Waals surface area contributed by atoms with Crippen molar-refractivity contribution in [1.82, 2.24) is 0 Å². The fourth-order valence-electron chi connectivity index (χ4n) is 2.37. The Morgan fingerprint density at radius 3 is 2.77 bits per heavy atom. The second kappa shape index (κ2) is 8.29. The van der Waals surface area contributed by atoms with Crippen molar-refractivity contribution in [3.63, 3.8) is 0 Å². The molecule has 0 N–H and O–H groups in total. The summed E-state index contributed by atoms with van der Waals surface area (Å²) in [5, 5.41) is 0. The van der Waals surface area contributed by atoms with Crippen molar-refractivity contribution in [3.8, 4) is 28.7 Å². The minimum Gasteiger partial charge on any atom is -0.493 e. The van der Waals surface area contributed by atoms with Gasteiger partial charge in [0.15, 0.2) is 23.0 Å². The number of fused-ring (bicyclic) bond motifs is 1. The van der Waals surface area contributed by atoms with Crippen LogP contribution in [0.15, 0.2) is 42.5 Å². The van der Waals surface area contributed by atoms with E-state index in [1.54, 1.807) is 37.5 Å². The fourth-order valence-corrected chi connectivity index (χ4v) is 2.37. The smallest absolute Gasteiger partial charge is 0.336 e. The summed E-state index contributed by atoms with van der Waals surface area (Å²) in [5.41, 5.74) is 0.799. The normalized spacial score (nSPS) is 12.2. The number of carbonyl (C=O) groups excluding carboxylic acids is 1. The molecule has 0 saturated heterocycles. The Balaban J connectivity index is 1.64. The highest BCUT2D eigenvalue weighted by Crippen LogP contribution is 2.35. The zero-order valence-electron chi connectivity index (χ0n) is 14.7. The van der Waals surface area contributed by atoms with Crippen LogP contribution in [-0.4, -0.2) is 26.5 Å². The van der Waals surface area contributed by atoms with E-state index in [-0.39, 0.29) is 6.79 Å². The number of carbonyl (C=O) groups is 1. The predicted molar refractivity (Wildman–Crippen MR) is 96.0 cm³/mol. The summed E-state index contributed by atoms with van der Waals surface area (Å²) in [5.74, 6) is 2.39. The van der Waals surface area contributed by atoms with Gasteiger partial charge in [-0.05, 0) is 42.3 Å². The zero-order chi connectivity index (χ0) is 18.4. The number of ether oxygens (including phenoxy) is 5. The van der Waals surface area contributed by atoms with Crippen LogP contribution in [0.3, 0.4) is 0 Å². The summed E-state index contributed by atoms with van der Waals surface area (Å²) in [6.07, 6.45) is 3.92. The summed E-state index contributed by atoms with van der Waals surface area (Å²) in [6, 6.07) is 10.4. The van der Waals surface area contributed by atoms with E-state index in [0.29, 0.717) is 35.4 Å². The van der Waals surface area contributed by atoms with E-state index in [9.17, 15) is 4.79 Å². The molecule has 0 atom stereocenters. The number of benzene rings is 2. The monoisotopic (exact) mass is 356 g/mol. The largest absolute Gasteiger partial charge is 0.493 e. The summed E-state index contributed by atoms with van der Waals surface area (Å²) >= 11 is 0. The summed E-state index contributed by atoms with van der Waals surface area (Å²) < 4.78 is 26.7. The molecule has 6 nitrogen and oxygen atoms in total. The van der Waals surface area contributed by atoms with Gasteiger partial charge in [0.1, 0.15) is 5.75 Å². The van der Waals surface area contributed by atoms with Crippen LogP contribution in [0.2, 0.25) is 0 Å². The Morgan fingerprint density at radius 1 is 1.12 bits per heavy atom. The first-order valence-corrected chi connectivity index (χ1v) is 8.30. The van der Waals surface area contributed by atoms with Crippen LogP contribution in [-0.2, 0) is 4.79 Å². The lowest BCUT2D eigenvalue weighted by atomic mass is 10.2. The molecule has 2 aromatic carbocycles. The third kappa shape index (κ3) is 4.27. The van der Waals surface area contributed by atoms with Crippen LogP contribution in [0, 0.1) is 0 Å². The molecule has 1 aliphatic rings. The summed E-state index contributed by atoms with van der Waals surface area (Å²) in [7, 11) is 1.58. The minimum absolute atomic E-state index is 0.173. The average Bonchev–Trinajstić information content (AvgIpc) is 3.12. The van der Waals surface area contributed by atoms with Gasteiger partial charge in [-0.25, -0.2) is 4.79 Å². The molecular formula is C20H20O6. The maximum absolute atomic E-state index is 12.0. The molecular weight excluding hydrogens is 336 g/mol. The molecule has 26 heavy (non-hydrogen) atoms. The summed E-state index contributed by atoms with van der Waals surface area (Å²) in [4.78, 5) is 12.0. The molecule has 0 aromatic heterocycles. The lowest BCUT2D eigenvalue weighted by molar-refractivity contribution is -0.128. The van der Waals surface area contributed by atoms with Crippen LogP contribution < -0.4 is 23.7 Å². The predicted octanol–water partition coefficient (Wildman–Crippen LogP) is 3.83. The van der Waals surface area contributed by atoms with E-state index < -0.39 is 5.97 Å². The maximum atomic E-state index is 12.0. The van der Waals surface area contributed by atoms with Gasteiger partial charge < -0.3 is 23.7 Å². The number of methoxy groups -OCH3 is 1. The van der Waals surface area contributed by atoms with Gasteiger partial charge >= 0.3 is 5.97 Å². The molecule has 0 aliphatic carbocycles. The molecule has 0 bridgehead atoms. The SMILES string of the molecule is CCCOc1ccc(/C=C/C(=O)Oc2ccc3c(c2)OCO3)cc1OC. The number of hydrogen-bond donors (Lipinski definition) is 0. The molecule has 1 heterocycles. The van der Waals surface area contributed by atoms with Crippen molar-refractivity contribution in [2.75, 3.05) is 20.5 Å². The Hall–Kier alpha value is -3.15. The number of rotatable bonds is 7. The molecule has 1 aliphatic heterocycles. The second-order valence-corrected chi connectivity index (χ2v) is 5.53. The van der Waals surface area contributed by atoms with Crippen molar-refractivity contribution in [2.24, 2.45) is 0 Å². The highest BCUT2D eigenvalue weighted by molar-refractivity contribution is 5.88. The third-order valence-corrected chi connectivity index (χ3v) is 3.62. The van der Waals surface area contributed by atoms with Gasteiger partial charge in [-0.15, -0.1) is 0 Å². The van der Waals surface area contributed by atoms with E-state index in [2.05, 4.69) is 0 Å². The van der Waals surface area contributed by atoms with E-state index in [0.717, 1.165) is 12.0 Å². The van der Waals surface area contributed by atoms with E-state index >= 15 is 0 Å². The first-order valence-electron chi connectivity index (χ1n) is 8.30. The Morgan fingerprint density at radius 2 is 1.96 bits per heavy atom. The van der Waals surface area contributed by atoms with Crippen LogP contribution in [0.4, 0.5) is 0 Å². The van der Waals surface area contributed by atoms with Gasteiger partial charge in [-0.1, -0.05) is 13.0 Å². The molecule has 0 radical (unpaired) electrons. The standard InChI is InChI=1S/C20H20O6/c1-3-10-23-16-7-4-14(11-18(16)22-2)5-9-20(21)26-15-6-8-17-19(12-15)25-13-24-17/h4-9,11-12H,3,10,13H2,1-2H3/b9-5+. The lowest BCUT2D eigenvalue weighted by Crippen LogP contribution is -2.03. The molecule has 0 amide bonds. The number of esters is 1. The van der Waals surface area contributed by atoms with Crippen molar-refractivity contribution in [2.45, 2.75) is 13.3 Å². The van der Waals surface area contributed by atoms with Crippen molar-refractivity contribution in [3.05, 3.63) is 48.0 Å². The Kier molecular flexibility index (Phi) is 5.63. The average molecular weight is 356 g/mol. The van der Waals surface area contributed by atoms with Crippen LogP contribution >= 0.6 is 0 Å². The topological polar surface area (TPSA) is 63.2 Å². The van der Waals surface area contributed by atoms with E-state index in [1.165, 1.54) is 6.08 Å². The van der Waals surface area contributed by atoms with Crippen molar-refractivity contribution >= 4 is 12.0 Å². The molecule has 136 valence electrons. The minimum atomic E-state index is -0.492. The number of hydrogen-bond acceptors (Lipinski definition) is 6. The van der Waals surface area contributed by atoms with E-state index in [1.807, 2.05) is 19.1 Å². The van der Waals surface area contributed by atoms with Gasteiger partial charge in [0, 0.05) is 12.1 Å². The van der Waals surface area contributed by atoms with Crippen LogP contribution in [0.1, 0.15) is 18.9 Å². The van der Waals surface area contributed by atoms with Crippen LogP contribution in [0.5, 0.6) is 28.7 Å². The first-order chi connectivity index (χ1) is 12.7. The molecule has 6 heteroatoms. The van der Waals surface area contributed by atoms with Gasteiger partial charge in [-0.3, -0.25) is 0 Å². The molecule has 0 fully saturated rings. The highest BCUT2D eigenvalue weighted by atomic mass is 16.7. The van der Waals surface area contributed by atoms with Crippen molar-refractivity contribution in [1.29, 1.82) is 0 Å². The first kappa shape index (κ1) is 17.7. The second-order valence-electron chi connectivity index (χ2n) is 5.53. The molecule has 0 spiro atoms. The third-order valence-electron chi connectivity index (χ3n) is 3.62. The zero-order valence-corrected chi connectivity index (χ0v) is 14.7. The Bertz CT molecular complexity index is 812. The van der Waals surface area contributed by atoms with E-state index in [4.69, 9.17) is 23.7 Å².